The summed E-state index contributed by atoms with van der Waals surface area (Å²) in [6.07, 6.45) is 3.90. The zero-order valence-electron chi connectivity index (χ0n) is 9.01. The Morgan fingerprint density at radius 3 is 2.73 bits per heavy atom. The van der Waals surface area contributed by atoms with Crippen LogP contribution in [0, 0.1) is 6.92 Å². The van der Waals surface area contributed by atoms with E-state index in [9.17, 15) is 0 Å². The first-order valence-corrected chi connectivity index (χ1v) is 4.98. The summed E-state index contributed by atoms with van der Waals surface area (Å²) in [5.41, 5.74) is 3.34. The van der Waals surface area contributed by atoms with E-state index in [0.29, 0.717) is 0 Å². The van der Waals surface area contributed by atoms with Gasteiger partial charge in [-0.2, -0.15) is 0 Å². The summed E-state index contributed by atoms with van der Waals surface area (Å²) in [5.74, 6) is 0. The summed E-state index contributed by atoms with van der Waals surface area (Å²) < 4.78 is 2.04. The standard InChI is InChI=1S/C13H14N2/c1-11-5-3-6-12(9-11)14-10-13-7-4-8-15(13)2/h3-10H,1-2H3. The van der Waals surface area contributed by atoms with E-state index in [1.807, 2.05) is 48.3 Å². The maximum absolute atomic E-state index is 4.42. The molecule has 1 aromatic carbocycles. The van der Waals surface area contributed by atoms with Crippen LogP contribution in [-0.4, -0.2) is 10.8 Å². The highest BCUT2D eigenvalue weighted by Crippen LogP contribution is 2.13. The summed E-state index contributed by atoms with van der Waals surface area (Å²) in [7, 11) is 2.01. The first-order valence-electron chi connectivity index (χ1n) is 4.98. The van der Waals surface area contributed by atoms with Crippen LogP contribution in [0.2, 0.25) is 0 Å². The van der Waals surface area contributed by atoms with Crippen molar-refractivity contribution in [3.63, 3.8) is 0 Å². The average molecular weight is 198 g/mol. The molecule has 0 saturated carbocycles. The fourth-order valence-electron chi connectivity index (χ4n) is 1.46. The second-order valence-corrected chi connectivity index (χ2v) is 3.64. The topological polar surface area (TPSA) is 17.3 Å². The van der Waals surface area contributed by atoms with Gasteiger partial charge in [-0.15, -0.1) is 0 Å². The predicted octanol–water partition coefficient (Wildman–Crippen LogP) is 3.08. The molecule has 0 aliphatic rings. The quantitative estimate of drug-likeness (QED) is 0.660. The zero-order valence-corrected chi connectivity index (χ0v) is 9.01. The molecular weight excluding hydrogens is 184 g/mol. The van der Waals surface area contributed by atoms with Gasteiger partial charge in [-0.3, -0.25) is 4.99 Å². The molecule has 0 amide bonds. The van der Waals surface area contributed by atoms with E-state index in [4.69, 9.17) is 0 Å². The van der Waals surface area contributed by atoms with Crippen molar-refractivity contribution in [2.75, 3.05) is 0 Å². The van der Waals surface area contributed by atoms with Gasteiger partial charge < -0.3 is 4.57 Å². The maximum Gasteiger partial charge on any atom is 0.0633 e. The molecule has 0 atom stereocenters. The van der Waals surface area contributed by atoms with Crippen LogP contribution < -0.4 is 0 Å². The molecule has 0 aliphatic heterocycles. The monoisotopic (exact) mass is 198 g/mol. The predicted molar refractivity (Wildman–Crippen MR) is 63.8 cm³/mol. The van der Waals surface area contributed by atoms with E-state index in [1.165, 1.54) is 5.56 Å². The molecule has 2 nitrogen and oxygen atoms in total. The molecule has 1 heterocycles. The number of hydrogen-bond acceptors (Lipinski definition) is 1. The lowest BCUT2D eigenvalue weighted by Crippen LogP contribution is -1.91. The van der Waals surface area contributed by atoms with Gasteiger partial charge in [0.15, 0.2) is 0 Å². The fourth-order valence-corrected chi connectivity index (χ4v) is 1.46. The fraction of sp³-hybridized carbons (Fsp3) is 0.154. The van der Waals surface area contributed by atoms with Crippen LogP contribution in [-0.2, 0) is 7.05 Å². The lowest BCUT2D eigenvalue weighted by molar-refractivity contribution is 0.918. The summed E-state index contributed by atoms with van der Waals surface area (Å²) >= 11 is 0. The molecular formula is C13H14N2. The summed E-state index contributed by atoms with van der Waals surface area (Å²) in [5, 5.41) is 0. The minimum absolute atomic E-state index is 0.996. The second kappa shape index (κ2) is 4.13. The van der Waals surface area contributed by atoms with E-state index < -0.39 is 0 Å². The molecule has 1 aromatic heterocycles. The van der Waals surface area contributed by atoms with Crippen molar-refractivity contribution in [2.45, 2.75) is 6.92 Å². The van der Waals surface area contributed by atoms with E-state index in [0.717, 1.165) is 11.4 Å². The van der Waals surface area contributed by atoms with Gasteiger partial charge in [0.25, 0.3) is 0 Å². The van der Waals surface area contributed by atoms with Crippen molar-refractivity contribution >= 4 is 11.9 Å². The van der Waals surface area contributed by atoms with Gasteiger partial charge in [-0.25, -0.2) is 0 Å². The Balaban J connectivity index is 2.22. The van der Waals surface area contributed by atoms with Crippen molar-refractivity contribution < 1.29 is 0 Å². The molecule has 0 unspecified atom stereocenters. The highest BCUT2D eigenvalue weighted by Gasteiger charge is 1.92. The maximum atomic E-state index is 4.42. The van der Waals surface area contributed by atoms with Gasteiger partial charge >= 0.3 is 0 Å². The van der Waals surface area contributed by atoms with Crippen molar-refractivity contribution in [3.8, 4) is 0 Å². The molecule has 0 spiro atoms. The first kappa shape index (κ1) is 9.71. The van der Waals surface area contributed by atoms with Crippen LogP contribution in [0.5, 0.6) is 0 Å². The Morgan fingerprint density at radius 2 is 2.07 bits per heavy atom. The summed E-state index contributed by atoms with van der Waals surface area (Å²) in [6.45, 7) is 2.07. The van der Waals surface area contributed by atoms with Crippen LogP contribution in [0.4, 0.5) is 5.69 Å². The van der Waals surface area contributed by atoms with Crippen LogP contribution in [0.15, 0.2) is 47.6 Å². The molecule has 0 N–H and O–H groups in total. The largest absolute Gasteiger partial charge is 0.350 e. The number of aromatic nitrogens is 1. The number of nitrogens with zero attached hydrogens (tertiary/aromatic N) is 2. The lowest BCUT2D eigenvalue weighted by atomic mass is 10.2. The molecule has 0 aliphatic carbocycles. The van der Waals surface area contributed by atoms with Crippen molar-refractivity contribution in [3.05, 3.63) is 53.9 Å². The Bertz CT molecular complexity index is 481. The Kier molecular flexibility index (Phi) is 2.68. The molecule has 0 saturated heterocycles. The lowest BCUT2D eigenvalue weighted by Gasteiger charge is -1.97. The van der Waals surface area contributed by atoms with E-state index in [1.54, 1.807) is 0 Å². The van der Waals surface area contributed by atoms with E-state index in [-0.39, 0.29) is 0 Å². The Morgan fingerprint density at radius 1 is 1.20 bits per heavy atom. The van der Waals surface area contributed by atoms with E-state index in [2.05, 4.69) is 24.0 Å². The minimum atomic E-state index is 0.996. The van der Waals surface area contributed by atoms with Gasteiger partial charge in [0.2, 0.25) is 0 Å². The molecule has 0 bridgehead atoms. The molecule has 0 fully saturated rings. The zero-order chi connectivity index (χ0) is 10.7. The molecule has 2 rings (SSSR count). The number of aliphatic imine (C=N–C) groups is 1. The third-order valence-electron chi connectivity index (χ3n) is 2.33. The number of aryl methyl sites for hydroxylation is 2. The number of hydrogen-bond donors (Lipinski definition) is 0. The third kappa shape index (κ3) is 2.34. The average Bonchev–Trinajstić information content (AvgIpc) is 2.61. The van der Waals surface area contributed by atoms with Gasteiger partial charge in [0, 0.05) is 13.2 Å². The van der Waals surface area contributed by atoms with Crippen molar-refractivity contribution in [1.82, 2.24) is 4.57 Å². The van der Waals surface area contributed by atoms with Crippen molar-refractivity contribution in [2.24, 2.45) is 12.0 Å². The van der Waals surface area contributed by atoms with Gasteiger partial charge in [0.1, 0.15) is 0 Å². The third-order valence-corrected chi connectivity index (χ3v) is 2.33. The normalized spacial score (nSPS) is 11.1. The van der Waals surface area contributed by atoms with Gasteiger partial charge in [-0.1, -0.05) is 12.1 Å². The highest BCUT2D eigenvalue weighted by atomic mass is 14.9. The smallest absolute Gasteiger partial charge is 0.0633 e. The minimum Gasteiger partial charge on any atom is -0.350 e. The van der Waals surface area contributed by atoms with Crippen LogP contribution in [0.3, 0.4) is 0 Å². The van der Waals surface area contributed by atoms with Gasteiger partial charge in [-0.05, 0) is 36.8 Å². The van der Waals surface area contributed by atoms with Gasteiger partial charge in [0.05, 0.1) is 17.6 Å². The molecule has 2 aromatic rings. The van der Waals surface area contributed by atoms with E-state index >= 15 is 0 Å². The molecule has 2 heteroatoms. The van der Waals surface area contributed by atoms with Crippen LogP contribution in [0.1, 0.15) is 11.3 Å². The van der Waals surface area contributed by atoms with Crippen molar-refractivity contribution in [1.29, 1.82) is 0 Å². The molecule has 76 valence electrons. The SMILES string of the molecule is Cc1cccc(N=Cc2cccn2C)c1. The molecule has 0 radical (unpaired) electrons. The highest BCUT2D eigenvalue weighted by molar-refractivity contribution is 5.80. The number of benzene rings is 1. The Hall–Kier alpha value is -1.83. The summed E-state index contributed by atoms with van der Waals surface area (Å²) in [4.78, 5) is 4.42. The second-order valence-electron chi connectivity index (χ2n) is 3.64. The molecule has 15 heavy (non-hydrogen) atoms. The Labute approximate surface area is 89.9 Å². The summed E-state index contributed by atoms with van der Waals surface area (Å²) in [6, 6.07) is 12.2. The number of rotatable bonds is 2. The first-order chi connectivity index (χ1) is 7.25. The van der Waals surface area contributed by atoms with Crippen LogP contribution >= 0.6 is 0 Å². The van der Waals surface area contributed by atoms with Crippen LogP contribution in [0.25, 0.3) is 0 Å².